The summed E-state index contributed by atoms with van der Waals surface area (Å²) in [6, 6.07) is 5.08. The van der Waals surface area contributed by atoms with Crippen LogP contribution in [0.25, 0.3) is 0 Å². The van der Waals surface area contributed by atoms with E-state index in [4.69, 9.17) is 0 Å². The normalized spacial score (nSPS) is 15.5. The van der Waals surface area contributed by atoms with Crippen molar-refractivity contribution in [3.05, 3.63) is 30.1 Å². The Balaban J connectivity index is 3.02. The maximum atomic E-state index is 10.4. The second kappa shape index (κ2) is 3.02. The van der Waals surface area contributed by atoms with Gasteiger partial charge in [-0.1, -0.05) is 6.07 Å². The summed E-state index contributed by atoms with van der Waals surface area (Å²) >= 11 is 0.123. The van der Waals surface area contributed by atoms with Crippen molar-refractivity contribution < 1.29 is 9.32 Å². The van der Waals surface area contributed by atoms with E-state index in [9.17, 15) is 9.32 Å². The average molecular weight is 170 g/mol. The van der Waals surface area contributed by atoms with Crippen molar-refractivity contribution in [1.82, 2.24) is 4.98 Å². The number of aliphatic hydroxyl groups is 1. The molecule has 11 heavy (non-hydrogen) atoms. The second-order valence-corrected chi connectivity index (χ2v) is 3.24. The summed E-state index contributed by atoms with van der Waals surface area (Å²) < 4.78 is 10.4. The van der Waals surface area contributed by atoms with Gasteiger partial charge in [-0.25, -0.2) is 0 Å². The molecule has 0 bridgehead atoms. The van der Waals surface area contributed by atoms with Crippen molar-refractivity contribution in [1.29, 1.82) is 0 Å². The first-order valence-electron chi connectivity index (χ1n) is 3.11. The number of aromatic nitrogens is 1. The van der Waals surface area contributed by atoms with Gasteiger partial charge in [0.1, 0.15) is 5.69 Å². The molecule has 4 heteroatoms. The molecule has 1 unspecified atom stereocenters. The molecular formula is C7H8NO2S+. The summed E-state index contributed by atoms with van der Waals surface area (Å²) in [7, 11) is 0. The van der Waals surface area contributed by atoms with Crippen LogP contribution < -0.4 is 0 Å². The minimum atomic E-state index is -1.42. The van der Waals surface area contributed by atoms with Gasteiger partial charge in [-0.05, 0) is 12.1 Å². The van der Waals surface area contributed by atoms with Crippen LogP contribution in [-0.4, -0.2) is 10.1 Å². The first-order chi connectivity index (χ1) is 5.17. The van der Waals surface area contributed by atoms with Gasteiger partial charge < -0.3 is 5.11 Å². The largest absolute Gasteiger partial charge is 0.503 e. The third-order valence-electron chi connectivity index (χ3n) is 1.30. The molecule has 1 rings (SSSR count). The van der Waals surface area contributed by atoms with Crippen LogP contribution in [-0.2, 0) is 20.8 Å². The lowest BCUT2D eigenvalue weighted by molar-refractivity contribution is 0.150. The third kappa shape index (κ3) is 1.78. The molecule has 58 valence electrons. The first-order valence-corrected chi connectivity index (χ1v) is 3.86. The van der Waals surface area contributed by atoms with Gasteiger partial charge in [-0.2, -0.15) is 0 Å². The smallest absolute Gasteiger partial charge is 0.332 e. The summed E-state index contributed by atoms with van der Waals surface area (Å²) in [5.74, 6) is 0. The van der Waals surface area contributed by atoms with Crippen LogP contribution in [0.3, 0.4) is 0 Å². The zero-order valence-electron chi connectivity index (χ0n) is 6.02. The van der Waals surface area contributed by atoms with E-state index in [0.717, 1.165) is 0 Å². The lowest BCUT2D eigenvalue weighted by atomic mass is 10.2. The van der Waals surface area contributed by atoms with E-state index in [2.05, 4.69) is 4.98 Å². The zero-order chi connectivity index (χ0) is 8.32. The Labute approximate surface area is 68.6 Å². The minimum Gasteiger partial charge on any atom is -0.332 e. The molecule has 0 saturated heterocycles. The Bertz CT molecular complexity index is 248. The maximum Gasteiger partial charge on any atom is 0.503 e. The molecule has 1 atom stereocenters. The third-order valence-corrected chi connectivity index (χ3v) is 1.84. The molecule has 0 aliphatic heterocycles. The van der Waals surface area contributed by atoms with Crippen LogP contribution in [0.1, 0.15) is 12.6 Å². The molecule has 0 aromatic carbocycles. The molecule has 1 N–H and O–H groups in total. The molecule has 0 fully saturated rings. The van der Waals surface area contributed by atoms with E-state index in [1.54, 1.807) is 24.4 Å². The highest BCUT2D eigenvalue weighted by Gasteiger charge is 2.39. The fraction of sp³-hybridized carbons (Fsp3) is 0.286. The first kappa shape index (κ1) is 8.23. The summed E-state index contributed by atoms with van der Waals surface area (Å²) in [5.41, 5.74) is 0.389. The van der Waals surface area contributed by atoms with Crippen molar-refractivity contribution in [2.75, 3.05) is 0 Å². The van der Waals surface area contributed by atoms with Gasteiger partial charge in [0.2, 0.25) is 0 Å². The molecule has 0 amide bonds. The standard InChI is InChI=1S/C7H8NO2S/c1-7(9,11-10)6-4-2-3-5-8-6/h2-5,9H,1H3/q+1. The summed E-state index contributed by atoms with van der Waals surface area (Å²) in [5, 5.41) is 9.38. The van der Waals surface area contributed by atoms with Crippen molar-refractivity contribution in [3.8, 4) is 0 Å². The van der Waals surface area contributed by atoms with Crippen LogP contribution in [0, 0.1) is 0 Å². The lowest BCUT2D eigenvalue weighted by Crippen LogP contribution is -2.20. The van der Waals surface area contributed by atoms with Gasteiger partial charge in [0.05, 0.1) is 0 Å². The number of hydrogen-bond donors (Lipinski definition) is 1. The van der Waals surface area contributed by atoms with Gasteiger partial charge in [0.15, 0.2) is 0 Å². The van der Waals surface area contributed by atoms with Crippen molar-refractivity contribution in [2.45, 2.75) is 11.9 Å². The molecule has 1 heterocycles. The van der Waals surface area contributed by atoms with Crippen LogP contribution in [0.15, 0.2) is 24.4 Å². The van der Waals surface area contributed by atoms with Crippen LogP contribution in [0.2, 0.25) is 0 Å². The molecule has 0 aliphatic rings. The van der Waals surface area contributed by atoms with Gasteiger partial charge in [0.25, 0.3) is 0 Å². The van der Waals surface area contributed by atoms with Crippen LogP contribution in [0.5, 0.6) is 0 Å². The predicted molar refractivity (Wildman–Crippen MR) is 41.9 cm³/mol. The van der Waals surface area contributed by atoms with Gasteiger partial charge >= 0.3 is 16.6 Å². The van der Waals surface area contributed by atoms with E-state index in [-0.39, 0.29) is 11.7 Å². The summed E-state index contributed by atoms with van der Waals surface area (Å²) in [6.07, 6.45) is 1.54. The Morgan fingerprint density at radius 2 is 2.36 bits per heavy atom. The fourth-order valence-electron chi connectivity index (χ4n) is 0.680. The SMILES string of the molecule is CC(O)([S+]=O)c1ccccn1. The number of nitrogens with zero attached hydrogens (tertiary/aromatic N) is 1. The maximum absolute atomic E-state index is 10.4. The highest BCUT2D eigenvalue weighted by atomic mass is 32.1. The Hall–Kier alpha value is -0.870. The van der Waals surface area contributed by atoms with E-state index >= 15 is 0 Å². The van der Waals surface area contributed by atoms with Crippen molar-refractivity contribution >= 4 is 11.7 Å². The van der Waals surface area contributed by atoms with E-state index in [0.29, 0.717) is 5.69 Å². The molecule has 0 aliphatic carbocycles. The molecule has 3 nitrogen and oxygen atoms in total. The molecular weight excluding hydrogens is 162 g/mol. The predicted octanol–water partition coefficient (Wildman–Crippen LogP) is 0.675. The van der Waals surface area contributed by atoms with Crippen LogP contribution in [0.4, 0.5) is 0 Å². The van der Waals surface area contributed by atoms with Crippen molar-refractivity contribution in [2.24, 2.45) is 0 Å². The highest BCUT2D eigenvalue weighted by molar-refractivity contribution is 7.66. The monoisotopic (exact) mass is 170 g/mol. The molecule has 1 aromatic heterocycles. The zero-order valence-corrected chi connectivity index (χ0v) is 6.84. The molecule has 0 saturated carbocycles. The molecule has 0 radical (unpaired) electrons. The van der Waals surface area contributed by atoms with Gasteiger partial charge in [-0.15, -0.1) is 0 Å². The topological polar surface area (TPSA) is 50.2 Å². The van der Waals surface area contributed by atoms with Crippen molar-refractivity contribution in [3.63, 3.8) is 0 Å². The van der Waals surface area contributed by atoms with Gasteiger partial charge in [-0.3, -0.25) is 4.98 Å². The Morgan fingerprint density at radius 1 is 1.64 bits per heavy atom. The Kier molecular flexibility index (Phi) is 2.26. The molecule has 1 aromatic rings. The van der Waals surface area contributed by atoms with E-state index in [1.165, 1.54) is 6.92 Å². The number of rotatable bonds is 2. The average Bonchev–Trinajstić information content (AvgIpc) is 2.06. The fourth-order valence-corrected chi connectivity index (χ4v) is 0.886. The number of hydrogen-bond acceptors (Lipinski definition) is 3. The Morgan fingerprint density at radius 3 is 2.82 bits per heavy atom. The minimum absolute atomic E-state index is 0.123. The molecule has 0 spiro atoms. The van der Waals surface area contributed by atoms with Gasteiger partial charge in [0, 0.05) is 17.3 Å². The van der Waals surface area contributed by atoms with E-state index < -0.39 is 4.93 Å². The quantitative estimate of drug-likeness (QED) is 0.524. The highest BCUT2D eigenvalue weighted by Crippen LogP contribution is 2.15. The number of pyridine rings is 1. The summed E-state index contributed by atoms with van der Waals surface area (Å²) in [6.45, 7) is 1.42. The lowest BCUT2D eigenvalue weighted by Gasteiger charge is -2.01. The van der Waals surface area contributed by atoms with E-state index in [1.807, 2.05) is 0 Å². The second-order valence-electron chi connectivity index (χ2n) is 2.28. The van der Waals surface area contributed by atoms with Crippen LogP contribution >= 0.6 is 0 Å². The summed E-state index contributed by atoms with van der Waals surface area (Å²) in [4.78, 5) is 2.44.